The number of nitrogens with zero attached hydrogens (tertiary/aromatic N) is 1. The zero-order valence-corrected chi connectivity index (χ0v) is 15.4. The molecule has 1 N–H and O–H groups in total. The summed E-state index contributed by atoms with van der Waals surface area (Å²) in [6.45, 7) is 9.86. The zero-order chi connectivity index (χ0) is 17.7. The van der Waals surface area contributed by atoms with E-state index >= 15 is 0 Å². The third-order valence-corrected chi connectivity index (χ3v) is 4.60. The third-order valence-electron chi connectivity index (χ3n) is 4.60. The van der Waals surface area contributed by atoms with E-state index < -0.39 is 0 Å². The van der Waals surface area contributed by atoms with Gasteiger partial charge in [0.15, 0.2) is 0 Å². The maximum atomic E-state index is 12.3. The Morgan fingerprint density at radius 3 is 2.38 bits per heavy atom. The van der Waals surface area contributed by atoms with Crippen LogP contribution in [0, 0.1) is 12.3 Å². The molecular formula is C20H30N2O2. The van der Waals surface area contributed by atoms with Crippen molar-refractivity contribution in [2.45, 2.75) is 52.9 Å². The van der Waals surface area contributed by atoms with Gasteiger partial charge in [0, 0.05) is 19.5 Å². The molecule has 1 aliphatic rings. The van der Waals surface area contributed by atoms with Gasteiger partial charge in [-0.2, -0.15) is 0 Å². The van der Waals surface area contributed by atoms with E-state index in [-0.39, 0.29) is 23.8 Å². The Balaban J connectivity index is 1.79. The second-order valence-electron chi connectivity index (χ2n) is 8.03. The van der Waals surface area contributed by atoms with Gasteiger partial charge in [-0.3, -0.25) is 9.59 Å². The van der Waals surface area contributed by atoms with E-state index in [1.807, 2.05) is 25.7 Å². The zero-order valence-electron chi connectivity index (χ0n) is 15.4. The summed E-state index contributed by atoms with van der Waals surface area (Å²) >= 11 is 0. The molecule has 1 saturated heterocycles. The number of nitrogens with one attached hydrogen (secondary N) is 1. The molecule has 1 fully saturated rings. The minimum atomic E-state index is -0.0565. The Morgan fingerprint density at radius 1 is 1.17 bits per heavy atom. The smallest absolute Gasteiger partial charge is 0.241 e. The molecule has 2 rings (SSSR count). The summed E-state index contributed by atoms with van der Waals surface area (Å²) in [7, 11) is 0. The first kappa shape index (κ1) is 18.5. The minimum Gasteiger partial charge on any atom is -0.347 e. The maximum absolute atomic E-state index is 12.3. The van der Waals surface area contributed by atoms with Crippen LogP contribution >= 0.6 is 0 Å². The normalized spacial score (nSPS) is 16.1. The Labute approximate surface area is 145 Å². The average Bonchev–Trinajstić information content (AvgIpc) is 2.52. The number of benzene rings is 1. The van der Waals surface area contributed by atoms with Crippen molar-refractivity contribution in [3.05, 3.63) is 35.4 Å². The molecular weight excluding hydrogens is 300 g/mol. The molecule has 0 aromatic heterocycles. The largest absolute Gasteiger partial charge is 0.347 e. The molecule has 1 aliphatic heterocycles. The van der Waals surface area contributed by atoms with Crippen LogP contribution in [-0.2, 0) is 9.59 Å². The van der Waals surface area contributed by atoms with Crippen LogP contribution in [0.3, 0.4) is 0 Å². The molecule has 0 saturated carbocycles. The number of hydrogen-bond acceptors (Lipinski definition) is 2. The lowest BCUT2D eigenvalue weighted by Gasteiger charge is -2.33. The highest BCUT2D eigenvalue weighted by atomic mass is 16.2. The number of rotatable bonds is 4. The van der Waals surface area contributed by atoms with Crippen LogP contribution in [0.1, 0.15) is 57.1 Å². The SMILES string of the molecule is Cc1ccccc1C1CCN(C(=O)CNC(=O)CC(C)(C)C)CC1. The molecule has 0 bridgehead atoms. The first-order chi connectivity index (χ1) is 11.3. The van der Waals surface area contributed by atoms with Crippen LogP contribution in [0.2, 0.25) is 0 Å². The fraction of sp³-hybridized carbons (Fsp3) is 0.600. The number of hydrogen-bond donors (Lipinski definition) is 1. The van der Waals surface area contributed by atoms with Crippen LogP contribution in [0.5, 0.6) is 0 Å². The maximum Gasteiger partial charge on any atom is 0.241 e. The summed E-state index contributed by atoms with van der Waals surface area (Å²) < 4.78 is 0. The number of carbonyl (C=O) groups is 2. The first-order valence-electron chi connectivity index (χ1n) is 8.86. The molecule has 132 valence electrons. The fourth-order valence-corrected chi connectivity index (χ4v) is 3.31. The van der Waals surface area contributed by atoms with E-state index in [9.17, 15) is 9.59 Å². The standard InChI is InChI=1S/C20H30N2O2/c1-15-7-5-6-8-17(15)16-9-11-22(12-10-16)19(24)14-21-18(23)13-20(2,3)4/h5-8,16H,9-14H2,1-4H3,(H,21,23). The molecule has 4 heteroatoms. The van der Waals surface area contributed by atoms with Crippen LogP contribution in [0.25, 0.3) is 0 Å². The van der Waals surface area contributed by atoms with Crippen molar-refractivity contribution in [2.24, 2.45) is 5.41 Å². The van der Waals surface area contributed by atoms with Crippen molar-refractivity contribution < 1.29 is 9.59 Å². The molecule has 0 aliphatic carbocycles. The summed E-state index contributed by atoms with van der Waals surface area (Å²) in [6, 6.07) is 8.50. The summed E-state index contributed by atoms with van der Waals surface area (Å²) in [5, 5.41) is 2.76. The predicted molar refractivity (Wildman–Crippen MR) is 96.8 cm³/mol. The van der Waals surface area contributed by atoms with E-state index in [2.05, 4.69) is 36.5 Å². The monoisotopic (exact) mass is 330 g/mol. The summed E-state index contributed by atoms with van der Waals surface area (Å²) in [5.41, 5.74) is 2.68. The van der Waals surface area contributed by atoms with Gasteiger partial charge in [0.05, 0.1) is 6.54 Å². The highest BCUT2D eigenvalue weighted by Crippen LogP contribution is 2.30. The van der Waals surface area contributed by atoms with Crippen LogP contribution in [0.4, 0.5) is 0 Å². The lowest BCUT2D eigenvalue weighted by molar-refractivity contribution is -0.134. The molecule has 4 nitrogen and oxygen atoms in total. The molecule has 1 heterocycles. The Morgan fingerprint density at radius 2 is 1.79 bits per heavy atom. The summed E-state index contributed by atoms with van der Waals surface area (Å²) in [4.78, 5) is 26.0. The minimum absolute atomic E-state index is 0.0282. The topological polar surface area (TPSA) is 49.4 Å². The average molecular weight is 330 g/mol. The number of aryl methyl sites for hydroxylation is 1. The van der Waals surface area contributed by atoms with Gasteiger partial charge in [-0.25, -0.2) is 0 Å². The van der Waals surface area contributed by atoms with Gasteiger partial charge in [-0.15, -0.1) is 0 Å². The van der Waals surface area contributed by atoms with Gasteiger partial charge in [0.1, 0.15) is 0 Å². The fourth-order valence-electron chi connectivity index (χ4n) is 3.31. The van der Waals surface area contributed by atoms with Gasteiger partial charge in [-0.05, 0) is 42.2 Å². The van der Waals surface area contributed by atoms with Crippen LogP contribution < -0.4 is 5.32 Å². The van der Waals surface area contributed by atoms with E-state index in [0.29, 0.717) is 12.3 Å². The highest BCUT2D eigenvalue weighted by Gasteiger charge is 2.25. The van der Waals surface area contributed by atoms with E-state index in [4.69, 9.17) is 0 Å². The van der Waals surface area contributed by atoms with E-state index in [1.165, 1.54) is 11.1 Å². The molecule has 0 radical (unpaired) electrons. The van der Waals surface area contributed by atoms with Crippen molar-refractivity contribution in [1.29, 1.82) is 0 Å². The predicted octanol–water partition coefficient (Wildman–Crippen LogP) is 3.25. The van der Waals surface area contributed by atoms with Crippen LogP contribution in [0.15, 0.2) is 24.3 Å². The molecule has 2 amide bonds. The van der Waals surface area contributed by atoms with Crippen molar-refractivity contribution >= 4 is 11.8 Å². The van der Waals surface area contributed by atoms with Crippen molar-refractivity contribution in [3.63, 3.8) is 0 Å². The second-order valence-corrected chi connectivity index (χ2v) is 8.03. The van der Waals surface area contributed by atoms with Crippen molar-refractivity contribution in [3.8, 4) is 0 Å². The van der Waals surface area contributed by atoms with Gasteiger partial charge in [0.2, 0.25) is 11.8 Å². The van der Waals surface area contributed by atoms with Crippen LogP contribution in [-0.4, -0.2) is 36.3 Å². The Bertz CT molecular complexity index is 582. The number of amides is 2. The molecule has 0 atom stereocenters. The molecule has 24 heavy (non-hydrogen) atoms. The summed E-state index contributed by atoms with van der Waals surface area (Å²) in [5.74, 6) is 0.511. The lowest BCUT2D eigenvalue weighted by Crippen LogP contribution is -2.44. The molecule has 1 aromatic carbocycles. The lowest BCUT2D eigenvalue weighted by atomic mass is 9.87. The van der Waals surface area contributed by atoms with Gasteiger partial charge >= 0.3 is 0 Å². The van der Waals surface area contributed by atoms with Crippen molar-refractivity contribution in [2.75, 3.05) is 19.6 Å². The number of piperidine rings is 1. The van der Waals surface area contributed by atoms with Crippen molar-refractivity contribution in [1.82, 2.24) is 10.2 Å². The highest BCUT2D eigenvalue weighted by molar-refractivity contribution is 5.85. The Kier molecular flexibility index (Phi) is 6.03. The number of likely N-dealkylation sites (tertiary alicyclic amines) is 1. The van der Waals surface area contributed by atoms with Gasteiger partial charge < -0.3 is 10.2 Å². The van der Waals surface area contributed by atoms with Gasteiger partial charge in [-0.1, -0.05) is 45.0 Å². The van der Waals surface area contributed by atoms with Gasteiger partial charge in [0.25, 0.3) is 0 Å². The quantitative estimate of drug-likeness (QED) is 0.921. The molecule has 1 aromatic rings. The van der Waals surface area contributed by atoms with E-state index in [0.717, 1.165) is 25.9 Å². The molecule has 0 spiro atoms. The number of carbonyl (C=O) groups excluding carboxylic acids is 2. The second kappa shape index (κ2) is 7.82. The van der Waals surface area contributed by atoms with E-state index in [1.54, 1.807) is 0 Å². The third kappa shape index (κ3) is 5.36. The Hall–Kier alpha value is -1.84. The summed E-state index contributed by atoms with van der Waals surface area (Å²) in [6.07, 6.45) is 2.43. The molecule has 0 unspecified atom stereocenters. The first-order valence-corrected chi connectivity index (χ1v) is 8.86.